The predicted octanol–water partition coefficient (Wildman–Crippen LogP) is 4.52. The van der Waals surface area contributed by atoms with Crippen LogP contribution in [0, 0.1) is 18.3 Å². The van der Waals surface area contributed by atoms with Crippen LogP contribution in [0.1, 0.15) is 44.2 Å². The van der Waals surface area contributed by atoms with Crippen molar-refractivity contribution in [2.45, 2.75) is 63.6 Å². The first-order chi connectivity index (χ1) is 18.1. The van der Waals surface area contributed by atoms with Crippen LogP contribution < -0.4 is 10.6 Å². The fraction of sp³-hybridized carbons (Fsp3) is 0.444. The molecule has 2 fully saturated rings. The molecule has 0 aliphatic carbocycles. The maximum Gasteiger partial charge on any atom is 0.225 e. The number of nitrogens with zero attached hydrogens (tertiary/aromatic N) is 7. The Balaban J connectivity index is 1.32. The fourth-order valence-corrected chi connectivity index (χ4v) is 5.97. The number of rotatable bonds is 7. The van der Waals surface area contributed by atoms with Crippen molar-refractivity contribution in [3.8, 4) is 17.2 Å². The first-order valence-electron chi connectivity index (χ1n) is 13.0. The van der Waals surface area contributed by atoms with Crippen LogP contribution in [0.15, 0.2) is 36.7 Å². The van der Waals surface area contributed by atoms with Gasteiger partial charge in [0.1, 0.15) is 5.82 Å². The van der Waals surface area contributed by atoms with Gasteiger partial charge in [-0.3, -0.25) is 14.7 Å². The molecule has 10 nitrogen and oxygen atoms in total. The molecule has 3 aromatic heterocycles. The number of fused-ring (bicyclic) bond motifs is 3. The predicted molar refractivity (Wildman–Crippen MR) is 143 cm³/mol. The third kappa shape index (κ3) is 4.87. The van der Waals surface area contributed by atoms with Gasteiger partial charge in [0.15, 0.2) is 5.82 Å². The smallest absolute Gasteiger partial charge is 0.225 e. The van der Waals surface area contributed by atoms with E-state index in [1.165, 1.54) is 19.3 Å². The van der Waals surface area contributed by atoms with Gasteiger partial charge in [-0.25, -0.2) is 4.98 Å². The first kappa shape index (κ1) is 23.4. The van der Waals surface area contributed by atoms with Crippen LogP contribution in [-0.2, 0) is 7.05 Å². The van der Waals surface area contributed by atoms with Crippen molar-refractivity contribution >= 4 is 28.5 Å². The molecule has 0 spiro atoms. The summed E-state index contributed by atoms with van der Waals surface area (Å²) in [7, 11) is 1.92. The van der Waals surface area contributed by atoms with E-state index in [9.17, 15) is 0 Å². The van der Waals surface area contributed by atoms with E-state index in [1.807, 2.05) is 32.4 Å². The van der Waals surface area contributed by atoms with E-state index in [4.69, 9.17) is 15.2 Å². The number of aryl methyl sites for hydroxylation is 2. The van der Waals surface area contributed by atoms with Gasteiger partial charge in [0.2, 0.25) is 5.95 Å². The Kier molecular flexibility index (Phi) is 6.22. The summed E-state index contributed by atoms with van der Waals surface area (Å²) in [6.07, 6.45) is 10.2. The number of aromatic amines is 1. The van der Waals surface area contributed by atoms with Crippen molar-refractivity contribution in [2.24, 2.45) is 7.05 Å². The van der Waals surface area contributed by atoms with Crippen LogP contribution in [0.4, 0.5) is 17.6 Å². The molecule has 3 atom stereocenters. The zero-order valence-corrected chi connectivity index (χ0v) is 21.3. The zero-order valence-electron chi connectivity index (χ0n) is 21.3. The van der Waals surface area contributed by atoms with Gasteiger partial charge in [-0.05, 0) is 50.3 Å². The molecule has 2 aliphatic rings. The molecule has 6 rings (SSSR count). The van der Waals surface area contributed by atoms with Gasteiger partial charge in [-0.1, -0.05) is 12.5 Å². The van der Waals surface area contributed by atoms with Crippen molar-refractivity contribution in [2.75, 3.05) is 17.2 Å². The zero-order chi connectivity index (χ0) is 25.4. The van der Waals surface area contributed by atoms with Gasteiger partial charge in [0.25, 0.3) is 0 Å². The SMILES string of the molecule is Cc1cc(Nc2nc(N[C@@H]3C[C@H]4CCC[C@@H](C3)N4CCC#N)nc3cc(-c4cnn(C)c4)ccc23)n[nH]1. The Morgan fingerprint density at radius 2 is 1.97 bits per heavy atom. The number of hydrogen-bond donors (Lipinski definition) is 3. The quantitative estimate of drug-likeness (QED) is 0.341. The lowest BCUT2D eigenvalue weighted by Crippen LogP contribution is -2.55. The third-order valence-electron chi connectivity index (χ3n) is 7.63. The molecule has 0 unspecified atom stereocenters. The minimum absolute atomic E-state index is 0.299. The number of anilines is 3. The number of nitrogens with one attached hydrogen (secondary N) is 3. The molecule has 10 heteroatoms. The van der Waals surface area contributed by atoms with E-state index in [0.29, 0.717) is 30.5 Å². The summed E-state index contributed by atoms with van der Waals surface area (Å²) in [6, 6.07) is 11.8. The number of piperidine rings is 2. The molecule has 0 saturated carbocycles. The van der Waals surface area contributed by atoms with E-state index in [1.54, 1.807) is 4.68 Å². The number of benzene rings is 1. The largest absolute Gasteiger partial charge is 0.351 e. The summed E-state index contributed by atoms with van der Waals surface area (Å²) < 4.78 is 1.80. The number of hydrogen-bond acceptors (Lipinski definition) is 8. The van der Waals surface area contributed by atoms with Crippen LogP contribution in [-0.4, -0.2) is 59.5 Å². The van der Waals surface area contributed by atoms with E-state index in [2.05, 4.69) is 55.1 Å². The highest BCUT2D eigenvalue weighted by Crippen LogP contribution is 2.36. The van der Waals surface area contributed by atoms with Crippen molar-refractivity contribution in [3.05, 3.63) is 42.4 Å². The normalized spacial score (nSPS) is 21.6. The Labute approximate surface area is 216 Å². The highest BCUT2D eigenvalue weighted by atomic mass is 15.3. The summed E-state index contributed by atoms with van der Waals surface area (Å²) in [4.78, 5) is 12.4. The van der Waals surface area contributed by atoms with Gasteiger partial charge in [-0.15, -0.1) is 0 Å². The second-order valence-corrected chi connectivity index (χ2v) is 10.3. The number of nitriles is 1. The second kappa shape index (κ2) is 9.82. The van der Waals surface area contributed by atoms with Crippen molar-refractivity contribution < 1.29 is 0 Å². The summed E-state index contributed by atoms with van der Waals surface area (Å²) in [5.41, 5.74) is 3.95. The first-order valence-corrected chi connectivity index (χ1v) is 13.0. The van der Waals surface area contributed by atoms with Crippen LogP contribution in [0.2, 0.25) is 0 Å². The standard InChI is InChI=1S/C27H32N10/c1-17-11-25(35-34-17)32-26-23-8-7-18(19-15-29-36(2)16-19)12-24(23)31-27(33-26)30-20-13-21-5-3-6-22(14-20)37(21)10-4-9-28/h7-8,11-12,15-16,20-22H,3-6,10,13-14H2,1-2H3,(H3,30,31,32,33,34,35)/t20-,21-,22+. The highest BCUT2D eigenvalue weighted by molar-refractivity contribution is 5.94. The molecule has 1 aromatic carbocycles. The van der Waals surface area contributed by atoms with Crippen molar-refractivity contribution in [1.82, 2.24) is 34.8 Å². The molecule has 2 aliphatic heterocycles. The maximum absolute atomic E-state index is 9.10. The Hall–Kier alpha value is -3.97. The lowest BCUT2D eigenvalue weighted by atomic mass is 9.81. The monoisotopic (exact) mass is 496 g/mol. The van der Waals surface area contributed by atoms with Crippen molar-refractivity contribution in [3.63, 3.8) is 0 Å². The van der Waals surface area contributed by atoms with Gasteiger partial charge < -0.3 is 10.6 Å². The molecule has 190 valence electrons. The second-order valence-electron chi connectivity index (χ2n) is 10.3. The lowest BCUT2D eigenvalue weighted by molar-refractivity contribution is 0.0369. The summed E-state index contributed by atoms with van der Waals surface area (Å²) >= 11 is 0. The Morgan fingerprint density at radius 3 is 2.68 bits per heavy atom. The van der Waals surface area contributed by atoms with Crippen LogP contribution >= 0.6 is 0 Å². The number of H-pyrrole nitrogens is 1. The average molecular weight is 497 g/mol. The van der Waals surface area contributed by atoms with Gasteiger partial charge >= 0.3 is 0 Å². The van der Waals surface area contributed by atoms with Crippen molar-refractivity contribution in [1.29, 1.82) is 5.26 Å². The molecule has 37 heavy (non-hydrogen) atoms. The molecule has 2 bridgehead atoms. The summed E-state index contributed by atoms with van der Waals surface area (Å²) in [5, 5.41) is 28.7. The van der Waals surface area contributed by atoms with Gasteiger partial charge in [0.05, 0.1) is 17.8 Å². The van der Waals surface area contributed by atoms with E-state index >= 15 is 0 Å². The third-order valence-corrected chi connectivity index (χ3v) is 7.63. The summed E-state index contributed by atoms with van der Waals surface area (Å²) in [5.74, 6) is 2.07. The minimum Gasteiger partial charge on any atom is -0.351 e. The maximum atomic E-state index is 9.10. The summed E-state index contributed by atoms with van der Waals surface area (Å²) in [6.45, 7) is 2.85. The molecule has 4 aromatic rings. The Morgan fingerprint density at radius 1 is 1.14 bits per heavy atom. The van der Waals surface area contributed by atoms with Gasteiger partial charge in [0, 0.05) is 67.0 Å². The molecule has 5 heterocycles. The van der Waals surface area contributed by atoms with E-state index in [-0.39, 0.29) is 0 Å². The van der Waals surface area contributed by atoms with Gasteiger partial charge in [-0.2, -0.15) is 20.4 Å². The molecular formula is C27H32N10. The highest BCUT2D eigenvalue weighted by Gasteiger charge is 2.38. The number of aromatic nitrogens is 6. The molecule has 2 saturated heterocycles. The Bertz CT molecular complexity index is 1430. The molecular weight excluding hydrogens is 464 g/mol. The minimum atomic E-state index is 0.299. The van der Waals surface area contributed by atoms with E-state index in [0.717, 1.165) is 58.7 Å². The average Bonchev–Trinajstić information content (AvgIpc) is 3.50. The molecule has 0 amide bonds. The fourth-order valence-electron chi connectivity index (χ4n) is 5.97. The molecule has 3 N–H and O–H groups in total. The lowest BCUT2D eigenvalue weighted by Gasteiger charge is -2.48. The molecule has 0 radical (unpaired) electrons. The van der Waals surface area contributed by atoms with Crippen LogP contribution in [0.25, 0.3) is 22.0 Å². The van der Waals surface area contributed by atoms with Crippen LogP contribution in [0.5, 0.6) is 0 Å². The topological polar surface area (TPSA) is 123 Å². The van der Waals surface area contributed by atoms with E-state index < -0.39 is 0 Å². The van der Waals surface area contributed by atoms with Crippen LogP contribution in [0.3, 0.4) is 0 Å².